The van der Waals surface area contributed by atoms with Crippen LogP contribution in [-0.4, -0.2) is 36.6 Å². The fourth-order valence-corrected chi connectivity index (χ4v) is 4.16. The van der Waals surface area contributed by atoms with Gasteiger partial charge in [0, 0.05) is 23.7 Å². The Balaban J connectivity index is 1.71. The summed E-state index contributed by atoms with van der Waals surface area (Å²) in [5.74, 6) is -1.96. The molecule has 3 N–H and O–H groups in total. The number of primary amides is 1. The van der Waals surface area contributed by atoms with Crippen LogP contribution in [0.15, 0.2) is 40.8 Å². The van der Waals surface area contributed by atoms with Gasteiger partial charge in [0.25, 0.3) is 12.3 Å². The van der Waals surface area contributed by atoms with Crippen molar-refractivity contribution in [2.24, 2.45) is 17.1 Å². The zero-order valence-corrected chi connectivity index (χ0v) is 23.9. The molecule has 2 aromatic carbocycles. The summed E-state index contributed by atoms with van der Waals surface area (Å²) in [4.78, 5) is 29.5. The van der Waals surface area contributed by atoms with Crippen molar-refractivity contribution in [3.8, 4) is 23.0 Å². The van der Waals surface area contributed by atoms with Crippen molar-refractivity contribution in [2.45, 2.75) is 59.1 Å². The highest BCUT2D eigenvalue weighted by molar-refractivity contribution is 5.94. The van der Waals surface area contributed by atoms with E-state index in [0.29, 0.717) is 24.2 Å². The minimum absolute atomic E-state index is 0.0245. The van der Waals surface area contributed by atoms with Crippen molar-refractivity contribution >= 4 is 12.0 Å². The number of ether oxygens (including phenoxy) is 3. The number of alkyl halides is 2. The molecular formula is C30H33F4N3O6. The topological polar surface area (TPSA) is 126 Å². The highest BCUT2D eigenvalue weighted by Gasteiger charge is 2.33. The maximum atomic E-state index is 14.2. The molecule has 1 aliphatic rings. The van der Waals surface area contributed by atoms with Crippen molar-refractivity contribution in [1.29, 1.82) is 0 Å². The maximum absolute atomic E-state index is 14.2. The molecular weight excluding hydrogens is 574 g/mol. The molecule has 13 heteroatoms. The van der Waals surface area contributed by atoms with Crippen LogP contribution < -0.4 is 20.5 Å². The zero-order valence-electron chi connectivity index (χ0n) is 23.9. The van der Waals surface area contributed by atoms with Crippen LogP contribution in [0.25, 0.3) is 11.5 Å². The van der Waals surface area contributed by atoms with Crippen LogP contribution in [0.3, 0.4) is 0 Å². The lowest BCUT2D eigenvalue weighted by Crippen LogP contribution is -2.27. The Morgan fingerprint density at radius 3 is 2.47 bits per heavy atom. The molecule has 0 radical (unpaired) electrons. The lowest BCUT2D eigenvalue weighted by Gasteiger charge is -2.24. The van der Waals surface area contributed by atoms with Crippen molar-refractivity contribution in [3.63, 3.8) is 0 Å². The third kappa shape index (κ3) is 9.10. The molecule has 0 aliphatic heterocycles. The number of halogens is 4. The second-order valence-corrected chi connectivity index (χ2v) is 11.5. The maximum Gasteiger partial charge on any atom is 0.405 e. The molecule has 2 amide bonds. The summed E-state index contributed by atoms with van der Waals surface area (Å²) in [5, 5.41) is 2.53. The standard InChI is InChI=1S/C30H33F4N3O6/c1-30(2,3)12-23(42-29(35)39)26-25(27(38)36-13-18-6-8-19(31)11-20(18)32)37-28(43-26)17-7-9-21(41-15-24(33)34)22(10-17)40-14-16-4-5-16/h6-11,16,23-24H,4-5,12-15H2,1-3H3,(H2,35,39)(H,36,38). The van der Waals surface area contributed by atoms with Gasteiger partial charge in [-0.2, -0.15) is 0 Å². The molecule has 0 bridgehead atoms. The van der Waals surface area contributed by atoms with Crippen LogP contribution in [0.1, 0.15) is 67.9 Å². The summed E-state index contributed by atoms with van der Waals surface area (Å²) in [6.07, 6.45) is -2.76. The van der Waals surface area contributed by atoms with E-state index in [4.69, 9.17) is 24.4 Å². The van der Waals surface area contributed by atoms with E-state index in [1.54, 1.807) is 0 Å². The monoisotopic (exact) mass is 607 g/mol. The van der Waals surface area contributed by atoms with Gasteiger partial charge in [-0.1, -0.05) is 26.8 Å². The van der Waals surface area contributed by atoms with Gasteiger partial charge in [-0.3, -0.25) is 4.79 Å². The van der Waals surface area contributed by atoms with Crippen LogP contribution in [0.4, 0.5) is 22.4 Å². The van der Waals surface area contributed by atoms with Crippen LogP contribution in [0.2, 0.25) is 0 Å². The van der Waals surface area contributed by atoms with Gasteiger partial charge >= 0.3 is 6.09 Å². The Bertz CT molecular complexity index is 1450. The van der Waals surface area contributed by atoms with Crippen molar-refractivity contribution in [1.82, 2.24) is 10.3 Å². The largest absolute Gasteiger partial charge is 0.489 e. The molecule has 232 valence electrons. The summed E-state index contributed by atoms with van der Waals surface area (Å²) in [7, 11) is 0. The summed E-state index contributed by atoms with van der Waals surface area (Å²) in [6.45, 7) is 4.85. The number of oxazole rings is 1. The van der Waals surface area contributed by atoms with Gasteiger partial charge < -0.3 is 29.7 Å². The molecule has 3 aromatic rings. The predicted octanol–water partition coefficient (Wildman–Crippen LogP) is 6.56. The minimum atomic E-state index is -2.69. The number of carbonyl (C=O) groups is 2. The molecule has 0 saturated heterocycles. The second kappa shape index (κ2) is 13.3. The number of carbonyl (C=O) groups excluding carboxylic acids is 2. The van der Waals surface area contributed by atoms with E-state index >= 15 is 0 Å². The summed E-state index contributed by atoms with van der Waals surface area (Å²) in [5.41, 5.74) is 4.98. The fraction of sp³-hybridized carbons (Fsp3) is 0.433. The van der Waals surface area contributed by atoms with E-state index in [0.717, 1.165) is 18.9 Å². The van der Waals surface area contributed by atoms with Crippen molar-refractivity contribution in [2.75, 3.05) is 13.2 Å². The fourth-order valence-electron chi connectivity index (χ4n) is 4.16. The molecule has 1 fully saturated rings. The molecule has 1 heterocycles. The smallest absolute Gasteiger partial charge is 0.405 e. The Kier molecular flexibility index (Phi) is 9.82. The number of nitrogens with zero attached hydrogens (tertiary/aromatic N) is 1. The summed E-state index contributed by atoms with van der Waals surface area (Å²) >= 11 is 0. The van der Waals surface area contributed by atoms with Crippen LogP contribution in [0, 0.1) is 23.0 Å². The molecule has 1 aromatic heterocycles. The Morgan fingerprint density at radius 2 is 1.84 bits per heavy atom. The first-order chi connectivity index (χ1) is 20.3. The molecule has 1 atom stereocenters. The highest BCUT2D eigenvalue weighted by atomic mass is 19.3. The minimum Gasteiger partial charge on any atom is -0.489 e. The molecule has 43 heavy (non-hydrogen) atoms. The zero-order chi connectivity index (χ0) is 31.3. The number of rotatable bonds is 13. The first-order valence-electron chi connectivity index (χ1n) is 13.7. The number of benzene rings is 2. The number of nitrogens with one attached hydrogen (secondary N) is 1. The van der Waals surface area contributed by atoms with Gasteiger partial charge in [0.1, 0.15) is 18.2 Å². The lowest BCUT2D eigenvalue weighted by molar-refractivity contribution is 0.0635. The van der Waals surface area contributed by atoms with Gasteiger partial charge in [0.05, 0.1) is 6.61 Å². The van der Waals surface area contributed by atoms with E-state index < -0.39 is 48.2 Å². The first kappa shape index (κ1) is 31.6. The van der Waals surface area contributed by atoms with E-state index in [1.807, 2.05) is 20.8 Å². The molecule has 4 rings (SSSR count). The van der Waals surface area contributed by atoms with Crippen LogP contribution in [-0.2, 0) is 11.3 Å². The highest BCUT2D eigenvalue weighted by Crippen LogP contribution is 2.39. The second-order valence-electron chi connectivity index (χ2n) is 11.5. The van der Waals surface area contributed by atoms with Gasteiger partial charge in [-0.15, -0.1) is 0 Å². The molecule has 1 unspecified atom stereocenters. The van der Waals surface area contributed by atoms with Crippen molar-refractivity contribution in [3.05, 3.63) is 65.1 Å². The number of hydrogen-bond acceptors (Lipinski definition) is 7. The Hall–Kier alpha value is -4.29. The SMILES string of the molecule is CC(C)(C)CC(OC(N)=O)c1oc(-c2ccc(OCC(F)F)c(OCC3CC3)c2)nc1C(=O)NCc1ccc(F)cc1F. The normalized spacial score (nSPS) is 14.0. The molecule has 1 aliphatic carbocycles. The van der Waals surface area contributed by atoms with Gasteiger partial charge in [0.15, 0.2) is 29.1 Å². The van der Waals surface area contributed by atoms with Crippen LogP contribution >= 0.6 is 0 Å². The van der Waals surface area contributed by atoms with E-state index in [9.17, 15) is 27.2 Å². The lowest BCUT2D eigenvalue weighted by atomic mass is 9.88. The summed E-state index contributed by atoms with van der Waals surface area (Å²) in [6, 6.07) is 7.35. The first-order valence-corrected chi connectivity index (χ1v) is 13.7. The number of aromatic nitrogens is 1. The third-order valence-corrected chi connectivity index (χ3v) is 6.40. The van der Waals surface area contributed by atoms with Crippen LogP contribution in [0.5, 0.6) is 11.5 Å². The average molecular weight is 608 g/mol. The molecule has 9 nitrogen and oxygen atoms in total. The van der Waals surface area contributed by atoms with Gasteiger partial charge in [-0.25, -0.2) is 27.3 Å². The van der Waals surface area contributed by atoms with Crippen molar-refractivity contribution < 1.29 is 45.8 Å². The molecule has 1 saturated carbocycles. The predicted molar refractivity (Wildman–Crippen MR) is 147 cm³/mol. The third-order valence-electron chi connectivity index (χ3n) is 6.40. The average Bonchev–Trinajstić information content (AvgIpc) is 3.64. The van der Waals surface area contributed by atoms with Gasteiger partial charge in [0.2, 0.25) is 5.89 Å². The number of hydrogen-bond donors (Lipinski definition) is 2. The van der Waals surface area contributed by atoms with E-state index in [2.05, 4.69) is 10.3 Å². The molecule has 0 spiro atoms. The van der Waals surface area contributed by atoms with E-state index in [-0.39, 0.29) is 47.4 Å². The number of amides is 2. The number of nitrogens with two attached hydrogens (primary N) is 1. The van der Waals surface area contributed by atoms with E-state index in [1.165, 1.54) is 24.3 Å². The van der Waals surface area contributed by atoms with Gasteiger partial charge in [-0.05, 0) is 54.9 Å². The Labute approximate surface area is 245 Å². The Morgan fingerprint density at radius 1 is 1.09 bits per heavy atom. The quantitative estimate of drug-likeness (QED) is 0.211. The summed E-state index contributed by atoms with van der Waals surface area (Å²) < 4.78 is 75.6.